The molecule has 26 heavy (non-hydrogen) atoms. The van der Waals surface area contributed by atoms with Crippen LogP contribution < -0.4 is 0 Å². The van der Waals surface area contributed by atoms with Gasteiger partial charge < -0.3 is 4.74 Å². The summed E-state index contributed by atoms with van der Waals surface area (Å²) in [4.78, 5) is 17.4. The van der Waals surface area contributed by atoms with Crippen LogP contribution in [0.1, 0.15) is 56.7 Å². The molecule has 3 rings (SSSR count). The summed E-state index contributed by atoms with van der Waals surface area (Å²) in [5, 5.41) is 0. The quantitative estimate of drug-likeness (QED) is 0.652. The van der Waals surface area contributed by atoms with Crippen LogP contribution >= 0.6 is 0 Å². The van der Waals surface area contributed by atoms with Crippen LogP contribution in [0.15, 0.2) is 54.7 Å². The van der Waals surface area contributed by atoms with Gasteiger partial charge in [0.2, 0.25) is 0 Å². The van der Waals surface area contributed by atoms with Gasteiger partial charge in [0.1, 0.15) is 0 Å². The number of pyridine rings is 1. The van der Waals surface area contributed by atoms with Gasteiger partial charge in [-0.25, -0.2) is 0 Å². The molecular weight excluding hydrogens is 322 g/mol. The lowest BCUT2D eigenvalue weighted by Gasteiger charge is -2.39. The average molecular weight is 351 g/mol. The van der Waals surface area contributed by atoms with E-state index >= 15 is 0 Å². The van der Waals surface area contributed by atoms with Crippen molar-refractivity contribution in [3.05, 3.63) is 66.0 Å². The molecule has 0 aliphatic heterocycles. The minimum Gasteiger partial charge on any atom is -0.466 e. The van der Waals surface area contributed by atoms with Crippen LogP contribution in [0.5, 0.6) is 0 Å². The van der Waals surface area contributed by atoms with Gasteiger partial charge in [0.05, 0.1) is 12.5 Å². The molecule has 0 radical (unpaired) electrons. The number of esters is 1. The summed E-state index contributed by atoms with van der Waals surface area (Å²) in [6.07, 6.45) is 9.32. The Morgan fingerprint density at radius 1 is 1.08 bits per heavy atom. The van der Waals surface area contributed by atoms with Gasteiger partial charge in [0.25, 0.3) is 0 Å². The number of rotatable bonds is 7. The molecule has 1 aromatic heterocycles. The molecule has 2 aromatic rings. The minimum absolute atomic E-state index is 0.00822. The van der Waals surface area contributed by atoms with Crippen molar-refractivity contribution in [1.82, 2.24) is 4.98 Å². The van der Waals surface area contributed by atoms with Gasteiger partial charge in [0, 0.05) is 17.3 Å². The summed E-state index contributed by atoms with van der Waals surface area (Å²) >= 11 is 0. The van der Waals surface area contributed by atoms with Crippen LogP contribution in [0.2, 0.25) is 0 Å². The topological polar surface area (TPSA) is 39.2 Å². The number of nitrogens with zero attached hydrogens (tertiary/aromatic N) is 1. The third-order valence-electron chi connectivity index (χ3n) is 5.60. The molecule has 0 N–H and O–H groups in total. The zero-order valence-corrected chi connectivity index (χ0v) is 15.7. The highest BCUT2D eigenvalue weighted by Gasteiger charge is 2.39. The molecule has 0 bridgehead atoms. The SMILES string of the molecule is CCOC(=O)C(Cc1ccccc1)CC1(c2ccccn2)CCCCC1. The van der Waals surface area contributed by atoms with E-state index in [1.165, 1.54) is 24.8 Å². The van der Waals surface area contributed by atoms with Crippen molar-refractivity contribution in [2.75, 3.05) is 6.61 Å². The Morgan fingerprint density at radius 2 is 1.81 bits per heavy atom. The summed E-state index contributed by atoms with van der Waals surface area (Å²) in [7, 11) is 0. The Hall–Kier alpha value is -2.16. The van der Waals surface area contributed by atoms with Gasteiger partial charge in [0.15, 0.2) is 0 Å². The van der Waals surface area contributed by atoms with E-state index in [1.54, 1.807) is 0 Å². The van der Waals surface area contributed by atoms with Crippen LogP contribution in [-0.4, -0.2) is 17.6 Å². The predicted octanol–water partition coefficient (Wildman–Crippen LogP) is 5.10. The molecular formula is C23H29NO2. The maximum atomic E-state index is 12.8. The zero-order valence-electron chi connectivity index (χ0n) is 15.7. The molecule has 1 saturated carbocycles. The number of benzene rings is 1. The normalized spacial score (nSPS) is 17.4. The van der Waals surface area contributed by atoms with E-state index in [1.807, 2.05) is 37.4 Å². The van der Waals surface area contributed by atoms with E-state index in [-0.39, 0.29) is 17.3 Å². The molecule has 0 saturated heterocycles. The van der Waals surface area contributed by atoms with Crippen molar-refractivity contribution in [3.8, 4) is 0 Å². The Labute approximate surface area is 156 Å². The Bertz CT molecular complexity index is 678. The lowest BCUT2D eigenvalue weighted by Crippen LogP contribution is -2.36. The highest BCUT2D eigenvalue weighted by molar-refractivity contribution is 5.73. The van der Waals surface area contributed by atoms with Crippen LogP contribution in [-0.2, 0) is 21.4 Å². The van der Waals surface area contributed by atoms with Crippen molar-refractivity contribution in [3.63, 3.8) is 0 Å². The predicted molar refractivity (Wildman–Crippen MR) is 104 cm³/mol. The van der Waals surface area contributed by atoms with Crippen molar-refractivity contribution in [2.45, 2.75) is 57.3 Å². The van der Waals surface area contributed by atoms with Crippen molar-refractivity contribution >= 4 is 5.97 Å². The Kier molecular flexibility index (Phi) is 6.43. The molecule has 0 amide bonds. The highest BCUT2D eigenvalue weighted by atomic mass is 16.5. The summed E-state index contributed by atoms with van der Waals surface area (Å²) in [5.41, 5.74) is 2.32. The van der Waals surface area contributed by atoms with Gasteiger partial charge in [-0.1, -0.05) is 55.7 Å². The first-order valence-electron chi connectivity index (χ1n) is 9.85. The summed E-state index contributed by atoms with van der Waals surface area (Å²) in [6, 6.07) is 16.4. The molecule has 3 heteroatoms. The molecule has 1 aliphatic carbocycles. The number of ether oxygens (including phenoxy) is 1. The fraction of sp³-hybridized carbons (Fsp3) is 0.478. The van der Waals surface area contributed by atoms with Crippen LogP contribution in [0.4, 0.5) is 0 Å². The van der Waals surface area contributed by atoms with Gasteiger partial charge >= 0.3 is 5.97 Å². The fourth-order valence-corrected chi connectivity index (χ4v) is 4.34. The van der Waals surface area contributed by atoms with E-state index in [0.29, 0.717) is 6.61 Å². The van der Waals surface area contributed by atoms with E-state index in [9.17, 15) is 4.79 Å². The van der Waals surface area contributed by atoms with E-state index in [2.05, 4.69) is 29.2 Å². The monoisotopic (exact) mass is 351 g/mol. The van der Waals surface area contributed by atoms with E-state index in [0.717, 1.165) is 31.4 Å². The van der Waals surface area contributed by atoms with Crippen LogP contribution in [0.25, 0.3) is 0 Å². The van der Waals surface area contributed by atoms with Gasteiger partial charge in [-0.3, -0.25) is 9.78 Å². The maximum Gasteiger partial charge on any atom is 0.309 e. The second-order valence-electron chi connectivity index (χ2n) is 7.40. The number of hydrogen-bond acceptors (Lipinski definition) is 3. The molecule has 138 valence electrons. The van der Waals surface area contributed by atoms with Crippen molar-refractivity contribution in [1.29, 1.82) is 0 Å². The number of carbonyl (C=O) groups is 1. The van der Waals surface area contributed by atoms with Crippen molar-refractivity contribution in [2.24, 2.45) is 5.92 Å². The van der Waals surface area contributed by atoms with Crippen LogP contribution in [0, 0.1) is 5.92 Å². The van der Waals surface area contributed by atoms with Crippen LogP contribution in [0.3, 0.4) is 0 Å². The lowest BCUT2D eigenvalue weighted by atomic mass is 9.66. The second-order valence-corrected chi connectivity index (χ2v) is 7.40. The van der Waals surface area contributed by atoms with E-state index in [4.69, 9.17) is 4.74 Å². The number of hydrogen-bond donors (Lipinski definition) is 0. The summed E-state index contributed by atoms with van der Waals surface area (Å²) < 4.78 is 5.44. The average Bonchev–Trinajstić information content (AvgIpc) is 2.70. The molecule has 1 fully saturated rings. The first kappa shape index (κ1) is 18.6. The standard InChI is InChI=1S/C23H29NO2/c1-2-26-22(25)20(17-19-11-5-3-6-12-19)18-23(14-8-4-9-15-23)21-13-7-10-16-24-21/h3,5-7,10-13,16,20H,2,4,8-9,14-15,17-18H2,1H3. The molecule has 3 nitrogen and oxygen atoms in total. The van der Waals surface area contributed by atoms with Gasteiger partial charge in [-0.05, 0) is 50.3 Å². The highest BCUT2D eigenvalue weighted by Crippen LogP contribution is 2.44. The third kappa shape index (κ3) is 4.51. The molecule has 1 unspecified atom stereocenters. The minimum atomic E-state index is -0.127. The van der Waals surface area contributed by atoms with Crippen molar-refractivity contribution < 1.29 is 9.53 Å². The van der Waals surface area contributed by atoms with E-state index < -0.39 is 0 Å². The van der Waals surface area contributed by atoms with Gasteiger partial charge in [-0.2, -0.15) is 0 Å². The first-order chi connectivity index (χ1) is 12.7. The Balaban J connectivity index is 1.87. The number of carbonyl (C=O) groups excluding carboxylic acids is 1. The fourth-order valence-electron chi connectivity index (χ4n) is 4.34. The molecule has 1 aromatic carbocycles. The first-order valence-corrected chi connectivity index (χ1v) is 9.85. The smallest absolute Gasteiger partial charge is 0.309 e. The zero-order chi connectivity index (χ0) is 18.2. The maximum absolute atomic E-state index is 12.8. The molecule has 1 aliphatic rings. The molecule has 1 heterocycles. The van der Waals surface area contributed by atoms with Gasteiger partial charge in [-0.15, -0.1) is 0 Å². The Morgan fingerprint density at radius 3 is 2.46 bits per heavy atom. The summed E-state index contributed by atoms with van der Waals surface area (Å²) in [5.74, 6) is -0.199. The largest absolute Gasteiger partial charge is 0.466 e. The molecule has 1 atom stereocenters. The lowest BCUT2D eigenvalue weighted by molar-refractivity contribution is -0.149. The summed E-state index contributed by atoms with van der Waals surface area (Å²) in [6.45, 7) is 2.31. The third-order valence-corrected chi connectivity index (χ3v) is 5.60. The number of aromatic nitrogens is 1. The molecule has 0 spiro atoms. The second kappa shape index (κ2) is 8.98.